The Morgan fingerprint density at radius 3 is 2.62 bits per heavy atom. The predicted molar refractivity (Wildman–Crippen MR) is 127 cm³/mol. The molecule has 0 unspecified atom stereocenters. The number of likely N-dealkylation sites (N-methyl/N-ethyl adjacent to an activating group) is 1. The molecule has 1 fully saturated rings. The number of carbonyl (C=O) groups excluding carboxylic acids is 2. The van der Waals surface area contributed by atoms with Gasteiger partial charge in [0.05, 0.1) is 18.2 Å². The van der Waals surface area contributed by atoms with Crippen molar-refractivity contribution in [3.8, 4) is 17.2 Å². The third kappa shape index (κ3) is 4.72. The molecule has 1 atom stereocenters. The van der Waals surface area contributed by atoms with E-state index in [1.165, 1.54) is 4.90 Å². The van der Waals surface area contributed by atoms with Gasteiger partial charge in [0.25, 0.3) is 11.7 Å². The van der Waals surface area contributed by atoms with E-state index < -0.39 is 17.7 Å². The van der Waals surface area contributed by atoms with Gasteiger partial charge in [-0.15, -0.1) is 0 Å². The smallest absolute Gasteiger partial charge is 0.295 e. The lowest BCUT2D eigenvalue weighted by molar-refractivity contribution is -0.140. The number of fused-ring (bicyclic) bond motifs is 1. The third-order valence-corrected chi connectivity index (χ3v) is 5.79. The van der Waals surface area contributed by atoms with Gasteiger partial charge in [-0.1, -0.05) is 19.1 Å². The molecule has 34 heavy (non-hydrogen) atoms. The van der Waals surface area contributed by atoms with E-state index in [1.54, 1.807) is 18.2 Å². The van der Waals surface area contributed by atoms with Crippen LogP contribution < -0.4 is 14.2 Å². The molecule has 0 aromatic heterocycles. The molecule has 8 heteroatoms. The fraction of sp³-hybridized carbons (Fsp3) is 0.385. The molecule has 0 saturated carbocycles. The van der Waals surface area contributed by atoms with Gasteiger partial charge in [0.2, 0.25) is 0 Å². The van der Waals surface area contributed by atoms with Crippen LogP contribution in [0.15, 0.2) is 48.0 Å². The Bertz CT molecular complexity index is 1110. The monoisotopic (exact) mass is 466 g/mol. The van der Waals surface area contributed by atoms with E-state index in [1.807, 2.05) is 50.2 Å². The highest BCUT2D eigenvalue weighted by atomic mass is 16.6. The van der Waals surface area contributed by atoms with E-state index in [0.29, 0.717) is 61.3 Å². The van der Waals surface area contributed by atoms with Gasteiger partial charge in [-0.25, -0.2) is 0 Å². The van der Waals surface area contributed by atoms with Crippen molar-refractivity contribution in [1.29, 1.82) is 0 Å². The van der Waals surface area contributed by atoms with Crippen LogP contribution in [0, 0.1) is 0 Å². The average molecular weight is 467 g/mol. The van der Waals surface area contributed by atoms with Gasteiger partial charge < -0.3 is 29.1 Å². The zero-order valence-corrected chi connectivity index (χ0v) is 19.7. The molecule has 180 valence electrons. The second kappa shape index (κ2) is 10.2. The van der Waals surface area contributed by atoms with Gasteiger partial charge in [-0.3, -0.25) is 9.59 Å². The zero-order valence-electron chi connectivity index (χ0n) is 19.7. The van der Waals surface area contributed by atoms with E-state index in [-0.39, 0.29) is 11.3 Å². The Morgan fingerprint density at radius 1 is 1.12 bits per heavy atom. The number of benzene rings is 2. The molecular formula is C26H30N2O6. The normalized spacial score (nSPS) is 19.1. The molecule has 2 aromatic carbocycles. The molecule has 1 N–H and O–H groups in total. The van der Waals surface area contributed by atoms with Gasteiger partial charge in [0.1, 0.15) is 24.7 Å². The molecule has 2 heterocycles. The number of rotatable bonds is 8. The Kier molecular flexibility index (Phi) is 7.07. The van der Waals surface area contributed by atoms with Gasteiger partial charge >= 0.3 is 0 Å². The molecule has 2 aliphatic heterocycles. The summed E-state index contributed by atoms with van der Waals surface area (Å²) < 4.78 is 17.0. The molecule has 1 saturated heterocycles. The fourth-order valence-corrected chi connectivity index (χ4v) is 4.11. The first-order chi connectivity index (χ1) is 16.4. The van der Waals surface area contributed by atoms with Crippen LogP contribution in [0.2, 0.25) is 0 Å². The maximum absolute atomic E-state index is 13.2. The van der Waals surface area contributed by atoms with Crippen molar-refractivity contribution in [2.24, 2.45) is 0 Å². The van der Waals surface area contributed by atoms with Crippen molar-refractivity contribution < 1.29 is 28.9 Å². The van der Waals surface area contributed by atoms with Crippen LogP contribution in [-0.2, 0) is 9.59 Å². The Balaban J connectivity index is 1.80. The number of aliphatic hydroxyl groups is 1. The summed E-state index contributed by atoms with van der Waals surface area (Å²) in [5, 5.41) is 11.3. The topological polar surface area (TPSA) is 88.5 Å². The Hall–Kier alpha value is -3.52. The van der Waals surface area contributed by atoms with Crippen molar-refractivity contribution in [2.75, 3.05) is 47.0 Å². The van der Waals surface area contributed by atoms with Crippen LogP contribution in [0.5, 0.6) is 17.2 Å². The minimum Gasteiger partial charge on any atom is -0.507 e. The minimum absolute atomic E-state index is 0.0491. The maximum atomic E-state index is 13.2. The molecule has 2 aliphatic rings. The summed E-state index contributed by atoms with van der Waals surface area (Å²) in [5.74, 6) is 0.126. The molecular weight excluding hydrogens is 436 g/mol. The van der Waals surface area contributed by atoms with Crippen LogP contribution >= 0.6 is 0 Å². The molecule has 0 bridgehead atoms. The van der Waals surface area contributed by atoms with Crippen LogP contribution in [-0.4, -0.2) is 73.6 Å². The van der Waals surface area contributed by atoms with Crippen LogP contribution in [0.1, 0.15) is 30.5 Å². The van der Waals surface area contributed by atoms with Crippen LogP contribution in [0.4, 0.5) is 0 Å². The molecule has 0 aliphatic carbocycles. The lowest BCUT2D eigenvalue weighted by Gasteiger charge is -2.27. The van der Waals surface area contributed by atoms with E-state index in [4.69, 9.17) is 14.2 Å². The Labute approximate surface area is 199 Å². The van der Waals surface area contributed by atoms with Gasteiger partial charge in [0, 0.05) is 18.7 Å². The number of ether oxygens (including phenoxy) is 3. The SMILES string of the molecule is CCCOc1cccc([C@H]2C(=C(O)c3ccc4c(c3)OCCO4)C(=O)C(=O)N2CCN(C)C)c1. The quantitative estimate of drug-likeness (QED) is 0.363. The standard InChI is InChI=1S/C26H30N2O6/c1-4-12-32-19-7-5-6-17(15-19)23-22(25(30)26(31)28(23)11-10-27(2)3)24(29)18-8-9-20-21(16-18)34-14-13-33-20/h5-9,15-16,23,29H,4,10-14H2,1-3H3/t23-/m0/s1. The van der Waals surface area contributed by atoms with E-state index in [2.05, 4.69) is 0 Å². The first kappa shape index (κ1) is 23.6. The summed E-state index contributed by atoms with van der Waals surface area (Å²) in [6.45, 7) is 4.33. The number of ketones is 1. The number of amides is 1. The van der Waals surface area contributed by atoms with Crippen molar-refractivity contribution in [3.05, 3.63) is 59.2 Å². The molecule has 4 rings (SSSR count). The molecule has 0 radical (unpaired) electrons. The fourth-order valence-electron chi connectivity index (χ4n) is 4.11. The average Bonchev–Trinajstić information content (AvgIpc) is 3.10. The summed E-state index contributed by atoms with van der Waals surface area (Å²) in [4.78, 5) is 29.7. The Morgan fingerprint density at radius 2 is 1.88 bits per heavy atom. The largest absolute Gasteiger partial charge is 0.507 e. The summed E-state index contributed by atoms with van der Waals surface area (Å²) in [7, 11) is 3.81. The first-order valence-electron chi connectivity index (χ1n) is 11.5. The lowest BCUT2D eigenvalue weighted by atomic mass is 9.95. The second-order valence-electron chi connectivity index (χ2n) is 8.58. The molecule has 8 nitrogen and oxygen atoms in total. The number of hydrogen-bond donors (Lipinski definition) is 1. The summed E-state index contributed by atoms with van der Waals surface area (Å²) in [5.41, 5.74) is 1.14. The van der Waals surface area contributed by atoms with Gasteiger partial charge in [-0.05, 0) is 56.4 Å². The molecule has 0 spiro atoms. The van der Waals surface area contributed by atoms with Crippen molar-refractivity contribution >= 4 is 17.4 Å². The third-order valence-electron chi connectivity index (χ3n) is 5.79. The summed E-state index contributed by atoms with van der Waals surface area (Å²) >= 11 is 0. The van der Waals surface area contributed by atoms with Crippen molar-refractivity contribution in [2.45, 2.75) is 19.4 Å². The van der Waals surface area contributed by atoms with Gasteiger partial charge in [-0.2, -0.15) is 0 Å². The highest BCUT2D eigenvalue weighted by molar-refractivity contribution is 6.46. The number of carbonyl (C=O) groups is 2. The van der Waals surface area contributed by atoms with E-state index in [9.17, 15) is 14.7 Å². The number of Topliss-reactive ketones (excluding diaryl/α,β-unsaturated/α-hetero) is 1. The molecule has 1 amide bonds. The zero-order chi connectivity index (χ0) is 24.2. The van der Waals surface area contributed by atoms with Gasteiger partial charge in [0.15, 0.2) is 11.5 Å². The summed E-state index contributed by atoms with van der Waals surface area (Å²) in [6.07, 6.45) is 0.857. The predicted octanol–water partition coefficient (Wildman–Crippen LogP) is 3.23. The number of nitrogens with zero attached hydrogens (tertiary/aromatic N) is 2. The van der Waals surface area contributed by atoms with E-state index >= 15 is 0 Å². The number of likely N-dealkylation sites (tertiary alicyclic amines) is 1. The number of aliphatic hydroxyl groups excluding tert-OH is 1. The highest BCUT2D eigenvalue weighted by Crippen LogP contribution is 2.41. The number of hydrogen-bond acceptors (Lipinski definition) is 7. The van der Waals surface area contributed by atoms with E-state index in [0.717, 1.165) is 6.42 Å². The van der Waals surface area contributed by atoms with Crippen LogP contribution in [0.25, 0.3) is 5.76 Å². The van der Waals surface area contributed by atoms with Crippen LogP contribution in [0.3, 0.4) is 0 Å². The first-order valence-corrected chi connectivity index (χ1v) is 11.5. The highest BCUT2D eigenvalue weighted by Gasteiger charge is 2.46. The maximum Gasteiger partial charge on any atom is 0.295 e. The van der Waals surface area contributed by atoms with Crippen molar-refractivity contribution in [3.63, 3.8) is 0 Å². The van der Waals surface area contributed by atoms with Crippen molar-refractivity contribution in [1.82, 2.24) is 9.80 Å². The summed E-state index contributed by atoms with van der Waals surface area (Å²) in [6, 6.07) is 11.6. The second-order valence-corrected chi connectivity index (χ2v) is 8.58. The minimum atomic E-state index is -0.738. The molecule has 2 aromatic rings. The lowest BCUT2D eigenvalue weighted by Crippen LogP contribution is -2.35.